The van der Waals surface area contributed by atoms with E-state index in [1.807, 2.05) is 9.58 Å². The lowest BCUT2D eigenvalue weighted by Gasteiger charge is -2.26. The van der Waals surface area contributed by atoms with Crippen LogP contribution in [-0.2, 0) is 4.79 Å². The van der Waals surface area contributed by atoms with Crippen LogP contribution in [0.4, 0.5) is 0 Å². The minimum Gasteiger partial charge on any atom is -0.493 e. The lowest BCUT2D eigenvalue weighted by atomic mass is 9.97. The molecule has 0 spiro atoms. The number of aromatic hydroxyl groups is 1. The first-order valence-electron chi connectivity index (χ1n) is 10.2. The topological polar surface area (TPSA) is 118 Å². The monoisotopic (exact) mass is 409 g/mol. The molecule has 0 aliphatic carbocycles. The number of nitrogens with one attached hydrogen (secondary N) is 1. The van der Waals surface area contributed by atoms with E-state index in [0.717, 1.165) is 38.9 Å². The highest BCUT2D eigenvalue weighted by Gasteiger charge is 2.32. The van der Waals surface area contributed by atoms with Gasteiger partial charge in [0.15, 0.2) is 5.75 Å². The average molecular weight is 409 g/mol. The molecular formula is C20H23N7O3. The summed E-state index contributed by atoms with van der Waals surface area (Å²) < 4.78 is 7.52. The zero-order valence-electron chi connectivity index (χ0n) is 16.4. The molecule has 5 heterocycles. The minimum atomic E-state index is -0.160. The Morgan fingerprint density at radius 2 is 2.07 bits per heavy atom. The van der Waals surface area contributed by atoms with Crippen molar-refractivity contribution in [1.82, 2.24) is 34.9 Å². The maximum atomic E-state index is 12.8. The number of amides is 1. The molecule has 2 aliphatic rings. The predicted octanol–water partition coefficient (Wildman–Crippen LogP) is 1.49. The molecule has 0 radical (unpaired) electrons. The maximum Gasteiger partial charge on any atom is 0.326 e. The number of fused-ring (bicyclic) bond motifs is 1. The van der Waals surface area contributed by atoms with E-state index in [4.69, 9.17) is 4.74 Å². The van der Waals surface area contributed by atoms with Crippen LogP contribution < -0.4 is 10.1 Å². The van der Waals surface area contributed by atoms with Gasteiger partial charge in [-0.1, -0.05) is 0 Å². The number of hydrogen-bond donors (Lipinski definition) is 2. The lowest BCUT2D eigenvalue weighted by Crippen LogP contribution is -2.40. The molecule has 0 unspecified atom stereocenters. The molecule has 0 saturated carbocycles. The van der Waals surface area contributed by atoms with Crippen LogP contribution in [0.2, 0.25) is 0 Å². The molecule has 2 saturated heterocycles. The fraction of sp³-hybridized carbons (Fsp3) is 0.450. The summed E-state index contributed by atoms with van der Waals surface area (Å²) in [6.07, 6.45) is 9.15. The van der Waals surface area contributed by atoms with Crippen LogP contribution in [0.1, 0.15) is 25.3 Å². The second kappa shape index (κ2) is 7.86. The fourth-order valence-electron chi connectivity index (χ4n) is 4.15. The van der Waals surface area contributed by atoms with Gasteiger partial charge in [-0.15, -0.1) is 0 Å². The van der Waals surface area contributed by atoms with E-state index < -0.39 is 0 Å². The van der Waals surface area contributed by atoms with Crippen LogP contribution in [0, 0.1) is 5.92 Å². The number of piperidine rings is 1. The molecule has 2 N–H and O–H groups in total. The molecule has 2 fully saturated rings. The van der Waals surface area contributed by atoms with Gasteiger partial charge in [-0.05, 0) is 38.4 Å². The number of rotatable bonds is 4. The van der Waals surface area contributed by atoms with Gasteiger partial charge in [-0.3, -0.25) is 14.5 Å². The Bertz CT molecular complexity index is 1060. The van der Waals surface area contributed by atoms with Crippen molar-refractivity contribution in [2.75, 3.05) is 26.2 Å². The SMILES string of the molecule is O=C(C1CCNCC1)N1CC[C@H](n2cc(Oc3nc(O)c4ccncc4n3)cn2)C1. The molecule has 0 bridgehead atoms. The summed E-state index contributed by atoms with van der Waals surface area (Å²) in [5.74, 6) is 0.707. The van der Waals surface area contributed by atoms with Crippen molar-refractivity contribution >= 4 is 16.8 Å². The van der Waals surface area contributed by atoms with Crippen molar-refractivity contribution in [2.24, 2.45) is 5.92 Å². The Balaban J connectivity index is 1.25. The standard InChI is InChI=1S/C20H23N7O3/c28-18-16-3-7-22-10-17(16)24-20(25-18)30-15-9-23-27(12-15)14-4-8-26(11-14)19(29)13-1-5-21-6-2-13/h3,7,9-10,12-14,21H,1-2,4-6,8,11H2,(H,24,25,28)/t14-/m0/s1. The van der Waals surface area contributed by atoms with E-state index in [2.05, 4.69) is 25.4 Å². The van der Waals surface area contributed by atoms with Crippen molar-refractivity contribution in [3.05, 3.63) is 30.9 Å². The number of carbonyl (C=O) groups is 1. The first kappa shape index (κ1) is 18.7. The van der Waals surface area contributed by atoms with Gasteiger partial charge in [0, 0.05) is 25.2 Å². The number of hydrogen-bond acceptors (Lipinski definition) is 8. The molecule has 3 aromatic rings. The van der Waals surface area contributed by atoms with E-state index in [0.29, 0.717) is 23.2 Å². The second-order valence-corrected chi connectivity index (χ2v) is 7.73. The summed E-state index contributed by atoms with van der Waals surface area (Å²) in [6.45, 7) is 3.23. The Labute approximate surface area is 172 Å². The number of pyridine rings is 1. The Morgan fingerprint density at radius 1 is 1.20 bits per heavy atom. The maximum absolute atomic E-state index is 12.8. The number of aromatic nitrogens is 5. The predicted molar refractivity (Wildman–Crippen MR) is 107 cm³/mol. The fourth-order valence-corrected chi connectivity index (χ4v) is 4.15. The Morgan fingerprint density at radius 3 is 2.93 bits per heavy atom. The van der Waals surface area contributed by atoms with Crippen molar-refractivity contribution in [3.63, 3.8) is 0 Å². The molecule has 156 valence electrons. The summed E-state index contributed by atoms with van der Waals surface area (Å²) in [5.41, 5.74) is 0.496. The summed E-state index contributed by atoms with van der Waals surface area (Å²) in [6, 6.07) is 1.79. The van der Waals surface area contributed by atoms with Crippen molar-refractivity contribution in [3.8, 4) is 17.6 Å². The third-order valence-electron chi connectivity index (χ3n) is 5.78. The van der Waals surface area contributed by atoms with Crippen LogP contribution in [0.15, 0.2) is 30.9 Å². The number of ether oxygens (including phenoxy) is 1. The molecular weight excluding hydrogens is 386 g/mol. The highest BCUT2D eigenvalue weighted by atomic mass is 16.5. The number of nitrogens with zero attached hydrogens (tertiary/aromatic N) is 6. The van der Waals surface area contributed by atoms with Gasteiger partial charge >= 0.3 is 6.01 Å². The van der Waals surface area contributed by atoms with E-state index in [-0.39, 0.29) is 29.8 Å². The molecule has 2 aliphatic heterocycles. The summed E-state index contributed by atoms with van der Waals surface area (Å²) in [5, 5.41) is 18.3. The van der Waals surface area contributed by atoms with E-state index in [9.17, 15) is 9.90 Å². The van der Waals surface area contributed by atoms with Gasteiger partial charge in [0.2, 0.25) is 11.8 Å². The molecule has 0 aromatic carbocycles. The second-order valence-electron chi connectivity index (χ2n) is 7.73. The average Bonchev–Trinajstić information content (AvgIpc) is 3.44. The van der Waals surface area contributed by atoms with Crippen molar-refractivity contribution < 1.29 is 14.6 Å². The summed E-state index contributed by atoms with van der Waals surface area (Å²) in [7, 11) is 0. The minimum absolute atomic E-state index is 0.0293. The molecule has 5 rings (SSSR count). The third-order valence-corrected chi connectivity index (χ3v) is 5.78. The van der Waals surface area contributed by atoms with E-state index >= 15 is 0 Å². The van der Waals surface area contributed by atoms with Crippen LogP contribution in [0.3, 0.4) is 0 Å². The highest BCUT2D eigenvalue weighted by molar-refractivity contribution is 5.82. The molecule has 1 atom stereocenters. The first-order valence-corrected chi connectivity index (χ1v) is 10.2. The lowest BCUT2D eigenvalue weighted by molar-refractivity contribution is -0.135. The van der Waals surface area contributed by atoms with Gasteiger partial charge in [0.25, 0.3) is 0 Å². The van der Waals surface area contributed by atoms with Crippen molar-refractivity contribution in [1.29, 1.82) is 0 Å². The Kier molecular flexibility index (Phi) is 4.91. The Hall–Kier alpha value is -3.27. The molecule has 30 heavy (non-hydrogen) atoms. The smallest absolute Gasteiger partial charge is 0.326 e. The zero-order chi connectivity index (χ0) is 20.5. The largest absolute Gasteiger partial charge is 0.493 e. The molecule has 3 aromatic heterocycles. The molecule has 1 amide bonds. The third kappa shape index (κ3) is 3.65. The van der Waals surface area contributed by atoms with Gasteiger partial charge in [0.05, 0.1) is 35.5 Å². The van der Waals surface area contributed by atoms with Crippen LogP contribution in [0.5, 0.6) is 17.6 Å². The van der Waals surface area contributed by atoms with Gasteiger partial charge < -0.3 is 20.1 Å². The molecule has 10 heteroatoms. The summed E-state index contributed by atoms with van der Waals surface area (Å²) >= 11 is 0. The first-order chi connectivity index (χ1) is 14.7. The number of likely N-dealkylation sites (tertiary alicyclic amines) is 1. The highest BCUT2D eigenvalue weighted by Crippen LogP contribution is 2.28. The zero-order valence-corrected chi connectivity index (χ0v) is 16.4. The van der Waals surface area contributed by atoms with Crippen LogP contribution in [0.25, 0.3) is 10.9 Å². The van der Waals surface area contributed by atoms with E-state index in [1.54, 1.807) is 30.9 Å². The van der Waals surface area contributed by atoms with Gasteiger partial charge in [-0.2, -0.15) is 15.1 Å². The normalized spacial score (nSPS) is 20.0. The van der Waals surface area contributed by atoms with Gasteiger partial charge in [0.1, 0.15) is 0 Å². The summed E-state index contributed by atoms with van der Waals surface area (Å²) in [4.78, 5) is 27.0. The quantitative estimate of drug-likeness (QED) is 0.665. The number of carbonyl (C=O) groups excluding carboxylic acids is 1. The van der Waals surface area contributed by atoms with Gasteiger partial charge in [-0.25, -0.2) is 0 Å². The van der Waals surface area contributed by atoms with E-state index in [1.165, 1.54) is 0 Å². The van der Waals surface area contributed by atoms with Crippen LogP contribution in [-0.4, -0.2) is 66.8 Å². The van der Waals surface area contributed by atoms with Crippen molar-refractivity contribution in [2.45, 2.75) is 25.3 Å². The van der Waals surface area contributed by atoms with Crippen LogP contribution >= 0.6 is 0 Å². The molecule has 10 nitrogen and oxygen atoms in total.